The maximum Gasteiger partial charge on any atom is 0.114 e. The van der Waals surface area contributed by atoms with Gasteiger partial charge in [-0.15, -0.1) is 0 Å². The Morgan fingerprint density at radius 1 is 1.21 bits per heavy atom. The molecule has 0 aromatic heterocycles. The van der Waals surface area contributed by atoms with Crippen LogP contribution in [0.5, 0.6) is 0 Å². The fraction of sp³-hybridized carbons (Fsp3) is 0.867. The van der Waals surface area contributed by atoms with Gasteiger partial charge in [0.2, 0.25) is 0 Å². The lowest BCUT2D eigenvalue weighted by Gasteiger charge is -2.17. The predicted molar refractivity (Wildman–Crippen MR) is 73.2 cm³/mol. The van der Waals surface area contributed by atoms with Gasteiger partial charge in [0.1, 0.15) is 6.10 Å². The van der Waals surface area contributed by atoms with Crippen molar-refractivity contribution in [2.45, 2.75) is 63.8 Å². The highest BCUT2D eigenvalue weighted by molar-refractivity contribution is 5.14. The number of unbranched alkanes of at least 4 members (excludes halogenated alkanes) is 2. The molecule has 1 aliphatic carbocycles. The van der Waals surface area contributed by atoms with E-state index in [0.29, 0.717) is 19.3 Å². The molecule has 4 nitrogen and oxygen atoms in total. The normalized spacial score (nSPS) is 31.8. The molecule has 0 heterocycles. The second kappa shape index (κ2) is 8.55. The summed E-state index contributed by atoms with van der Waals surface area (Å²) in [5, 5.41) is 38.4. The van der Waals surface area contributed by atoms with E-state index in [9.17, 15) is 15.3 Å². The van der Waals surface area contributed by atoms with Crippen LogP contribution < -0.4 is 0 Å². The maximum absolute atomic E-state index is 9.86. The Labute approximate surface area is 115 Å². The fourth-order valence-electron chi connectivity index (χ4n) is 2.67. The Balaban J connectivity index is 2.53. The van der Waals surface area contributed by atoms with Gasteiger partial charge in [0.05, 0.1) is 18.1 Å². The van der Waals surface area contributed by atoms with Crippen molar-refractivity contribution < 1.29 is 20.4 Å². The van der Waals surface area contributed by atoms with Gasteiger partial charge in [0.25, 0.3) is 0 Å². The van der Waals surface area contributed by atoms with Crippen molar-refractivity contribution >= 4 is 0 Å². The minimum atomic E-state index is -0.665. The van der Waals surface area contributed by atoms with Crippen molar-refractivity contribution in [2.24, 2.45) is 11.8 Å². The molecule has 0 amide bonds. The topological polar surface area (TPSA) is 80.9 Å². The van der Waals surface area contributed by atoms with Gasteiger partial charge in [-0.05, 0) is 19.3 Å². The summed E-state index contributed by atoms with van der Waals surface area (Å²) >= 11 is 0. The first-order valence-electron chi connectivity index (χ1n) is 7.26. The van der Waals surface area contributed by atoms with Crippen molar-refractivity contribution in [1.82, 2.24) is 0 Å². The maximum atomic E-state index is 9.86. The second-order valence-corrected chi connectivity index (χ2v) is 5.37. The van der Waals surface area contributed by atoms with Crippen molar-refractivity contribution in [3.8, 4) is 11.8 Å². The molecule has 0 bridgehead atoms. The lowest BCUT2D eigenvalue weighted by Crippen LogP contribution is -2.22. The van der Waals surface area contributed by atoms with E-state index in [1.54, 1.807) is 0 Å². The van der Waals surface area contributed by atoms with Crippen molar-refractivity contribution in [3.63, 3.8) is 0 Å². The molecule has 0 aliphatic heterocycles. The molecule has 1 rings (SSSR count). The van der Waals surface area contributed by atoms with E-state index in [2.05, 4.69) is 18.8 Å². The van der Waals surface area contributed by atoms with Gasteiger partial charge in [-0.25, -0.2) is 0 Å². The molecule has 1 aliphatic rings. The number of rotatable bonds is 6. The van der Waals surface area contributed by atoms with Crippen molar-refractivity contribution in [1.29, 1.82) is 0 Å². The summed E-state index contributed by atoms with van der Waals surface area (Å²) in [6.07, 6.45) is 2.58. The van der Waals surface area contributed by atoms with E-state index in [1.807, 2.05) is 0 Å². The zero-order chi connectivity index (χ0) is 14.3. The summed E-state index contributed by atoms with van der Waals surface area (Å²) in [7, 11) is 0. The third-order valence-electron chi connectivity index (χ3n) is 3.81. The molecule has 0 unspecified atom stereocenters. The molecule has 0 spiro atoms. The Morgan fingerprint density at radius 3 is 2.58 bits per heavy atom. The summed E-state index contributed by atoms with van der Waals surface area (Å²) in [4.78, 5) is 0. The van der Waals surface area contributed by atoms with Crippen LogP contribution >= 0.6 is 0 Å². The van der Waals surface area contributed by atoms with Crippen LogP contribution in [0.15, 0.2) is 0 Å². The monoisotopic (exact) mass is 270 g/mol. The Bertz CT molecular complexity index is 307. The number of aliphatic hydroxyl groups is 4. The fourth-order valence-corrected chi connectivity index (χ4v) is 2.67. The molecule has 5 atom stereocenters. The van der Waals surface area contributed by atoms with Gasteiger partial charge >= 0.3 is 0 Å². The van der Waals surface area contributed by atoms with Gasteiger partial charge in [0, 0.05) is 18.9 Å². The van der Waals surface area contributed by atoms with E-state index < -0.39 is 18.3 Å². The van der Waals surface area contributed by atoms with Crippen LogP contribution in [-0.4, -0.2) is 45.3 Å². The number of hydrogen-bond acceptors (Lipinski definition) is 4. The largest absolute Gasteiger partial charge is 0.396 e. The van der Waals surface area contributed by atoms with Crippen LogP contribution in [-0.2, 0) is 0 Å². The van der Waals surface area contributed by atoms with Crippen LogP contribution in [0, 0.1) is 23.7 Å². The Morgan fingerprint density at radius 2 is 1.95 bits per heavy atom. The summed E-state index contributed by atoms with van der Waals surface area (Å²) in [5.74, 6) is 5.13. The lowest BCUT2D eigenvalue weighted by molar-refractivity contribution is 0.104. The molecular weight excluding hydrogens is 244 g/mol. The summed E-state index contributed by atoms with van der Waals surface area (Å²) in [5.41, 5.74) is 0. The molecule has 4 heteroatoms. The zero-order valence-corrected chi connectivity index (χ0v) is 11.6. The van der Waals surface area contributed by atoms with Crippen molar-refractivity contribution in [3.05, 3.63) is 0 Å². The third-order valence-corrected chi connectivity index (χ3v) is 3.81. The van der Waals surface area contributed by atoms with E-state index >= 15 is 0 Å². The smallest absolute Gasteiger partial charge is 0.114 e. The summed E-state index contributed by atoms with van der Waals surface area (Å²) < 4.78 is 0. The summed E-state index contributed by atoms with van der Waals surface area (Å²) in [6.45, 7) is 2.08. The van der Waals surface area contributed by atoms with Gasteiger partial charge < -0.3 is 20.4 Å². The highest BCUT2D eigenvalue weighted by atomic mass is 16.3. The van der Waals surface area contributed by atoms with Gasteiger partial charge in [-0.2, -0.15) is 0 Å². The van der Waals surface area contributed by atoms with Gasteiger partial charge in [-0.3, -0.25) is 0 Å². The predicted octanol–water partition coefficient (Wildman–Crippen LogP) is 0.671. The SMILES string of the molecule is CCCCC[C@H](O)C#C[C@H]1[C@H](CCO)[C@H](O)C[C@@H]1O. The van der Waals surface area contributed by atoms with E-state index in [0.717, 1.165) is 19.3 Å². The molecular formula is C15H26O4. The molecule has 0 aromatic rings. The first-order valence-corrected chi connectivity index (χ1v) is 7.26. The molecule has 110 valence electrons. The van der Waals surface area contributed by atoms with Crippen LogP contribution in [0.1, 0.15) is 45.4 Å². The standard InChI is InChI=1S/C15H26O4/c1-2-3-4-5-11(17)6-7-12-13(8-9-16)15(19)10-14(12)18/h11-19H,2-5,8-10H2,1H3/t11-,12-,13-,14-,15+/m0/s1. The molecule has 4 N–H and O–H groups in total. The van der Waals surface area contributed by atoms with Gasteiger partial charge in [-0.1, -0.05) is 31.6 Å². The molecule has 0 radical (unpaired) electrons. The minimum absolute atomic E-state index is 0.0221. The summed E-state index contributed by atoms with van der Waals surface area (Å²) in [6, 6.07) is 0. The number of aliphatic hydroxyl groups excluding tert-OH is 4. The third kappa shape index (κ3) is 5.12. The second-order valence-electron chi connectivity index (χ2n) is 5.37. The average molecular weight is 270 g/mol. The quantitative estimate of drug-likeness (QED) is 0.422. The first-order chi connectivity index (χ1) is 9.10. The van der Waals surface area contributed by atoms with Gasteiger partial charge in [0.15, 0.2) is 0 Å². The molecule has 1 saturated carbocycles. The van der Waals surface area contributed by atoms with E-state index in [4.69, 9.17) is 5.11 Å². The molecule has 19 heavy (non-hydrogen) atoms. The highest BCUT2D eigenvalue weighted by Crippen LogP contribution is 2.34. The zero-order valence-electron chi connectivity index (χ0n) is 11.6. The van der Waals surface area contributed by atoms with Crippen LogP contribution in [0.2, 0.25) is 0 Å². The molecule has 1 fully saturated rings. The van der Waals surface area contributed by atoms with E-state index in [-0.39, 0.29) is 18.4 Å². The lowest BCUT2D eigenvalue weighted by atomic mass is 9.91. The Kier molecular flexibility index (Phi) is 7.40. The Hall–Kier alpha value is -0.600. The first kappa shape index (κ1) is 16.5. The van der Waals surface area contributed by atoms with Crippen LogP contribution in [0.4, 0.5) is 0 Å². The highest BCUT2D eigenvalue weighted by Gasteiger charge is 2.40. The van der Waals surface area contributed by atoms with Crippen LogP contribution in [0.25, 0.3) is 0 Å². The average Bonchev–Trinajstić information content (AvgIpc) is 2.63. The number of hydrogen-bond donors (Lipinski definition) is 4. The van der Waals surface area contributed by atoms with Crippen molar-refractivity contribution in [2.75, 3.05) is 6.61 Å². The van der Waals surface area contributed by atoms with E-state index in [1.165, 1.54) is 0 Å². The molecule has 0 saturated heterocycles. The van der Waals surface area contributed by atoms with Crippen LogP contribution in [0.3, 0.4) is 0 Å². The minimum Gasteiger partial charge on any atom is -0.396 e. The molecule has 0 aromatic carbocycles.